The Bertz CT molecular complexity index is 677. The van der Waals surface area contributed by atoms with Gasteiger partial charge in [0, 0.05) is 45.3 Å². The summed E-state index contributed by atoms with van der Waals surface area (Å²) in [6.45, 7) is 8.54. The number of nitrogens with one attached hydrogen (secondary N) is 1. The summed E-state index contributed by atoms with van der Waals surface area (Å²) in [4.78, 5) is 9.69. The Labute approximate surface area is 155 Å². The summed E-state index contributed by atoms with van der Waals surface area (Å²) < 4.78 is 2.16. The molecule has 1 aromatic heterocycles. The lowest BCUT2D eigenvalue weighted by Crippen LogP contribution is -2.49. The number of nitrogens with zero attached hydrogens (tertiary/aromatic N) is 4. The predicted molar refractivity (Wildman–Crippen MR) is 104 cm³/mol. The Morgan fingerprint density at radius 2 is 1.84 bits per heavy atom. The Morgan fingerprint density at radius 1 is 1.16 bits per heavy atom. The summed E-state index contributed by atoms with van der Waals surface area (Å²) in [5.41, 5.74) is 2.19. The summed E-state index contributed by atoms with van der Waals surface area (Å²) in [6, 6.07) is 10.5. The molecule has 1 atom stereocenters. The molecule has 136 valence electrons. The fourth-order valence-corrected chi connectivity index (χ4v) is 4.00. The fourth-order valence-electron chi connectivity index (χ4n) is 3.67. The minimum atomic E-state index is 0.228. The van der Waals surface area contributed by atoms with Gasteiger partial charge < -0.3 is 14.8 Å². The van der Waals surface area contributed by atoms with E-state index >= 15 is 0 Å². The largest absolute Gasteiger partial charge is 0.328 e. The molecule has 2 aromatic rings. The number of rotatable bonds is 6. The van der Waals surface area contributed by atoms with Gasteiger partial charge in [-0.15, -0.1) is 0 Å². The lowest BCUT2D eigenvalue weighted by atomic mass is 10.1. The number of halogens is 1. The van der Waals surface area contributed by atoms with Gasteiger partial charge in [0.1, 0.15) is 5.82 Å². The summed E-state index contributed by atoms with van der Waals surface area (Å²) in [6.07, 6.45) is 0. The van der Waals surface area contributed by atoms with Crippen LogP contribution in [0.1, 0.15) is 18.7 Å². The van der Waals surface area contributed by atoms with E-state index in [2.05, 4.69) is 50.8 Å². The first-order valence-corrected chi connectivity index (χ1v) is 9.42. The van der Waals surface area contributed by atoms with Crippen molar-refractivity contribution in [2.45, 2.75) is 13.0 Å². The smallest absolute Gasteiger partial charge is 0.152 e. The molecular weight excluding hydrogens is 334 g/mol. The highest BCUT2D eigenvalue weighted by atomic mass is 35.5. The number of piperazine rings is 1. The van der Waals surface area contributed by atoms with E-state index in [1.54, 1.807) is 0 Å². The third-order valence-electron chi connectivity index (χ3n) is 5.13. The number of hydrogen-bond acceptors (Lipinski definition) is 4. The van der Waals surface area contributed by atoms with Crippen LogP contribution in [-0.2, 0) is 7.05 Å². The molecule has 0 saturated carbocycles. The molecule has 25 heavy (non-hydrogen) atoms. The van der Waals surface area contributed by atoms with E-state index in [-0.39, 0.29) is 6.04 Å². The minimum Gasteiger partial charge on any atom is -0.328 e. The zero-order valence-corrected chi connectivity index (χ0v) is 16.1. The molecule has 1 aliphatic rings. The number of imidazole rings is 1. The van der Waals surface area contributed by atoms with Gasteiger partial charge in [0.2, 0.25) is 0 Å². The van der Waals surface area contributed by atoms with E-state index in [0.29, 0.717) is 5.15 Å². The highest BCUT2D eigenvalue weighted by molar-refractivity contribution is 6.30. The molecule has 0 radical (unpaired) electrons. The second kappa shape index (κ2) is 8.32. The first-order chi connectivity index (χ1) is 12.2. The van der Waals surface area contributed by atoms with Crippen LogP contribution in [0.3, 0.4) is 0 Å². The molecule has 1 aromatic carbocycles. The standard InChI is InChI=1S/C19H28ClN5/c1-4-24-10-12-25(13-11-24)16(14-21-2)17-18(20)22-19(23(17)3)15-8-6-5-7-9-15/h5-9,16,21H,4,10-14H2,1-3H3. The van der Waals surface area contributed by atoms with Crippen molar-refractivity contribution in [1.82, 2.24) is 24.7 Å². The molecule has 0 spiro atoms. The van der Waals surface area contributed by atoms with Crippen molar-refractivity contribution < 1.29 is 0 Å². The Kier molecular flexibility index (Phi) is 6.12. The minimum absolute atomic E-state index is 0.228. The monoisotopic (exact) mass is 361 g/mol. The maximum atomic E-state index is 6.61. The molecule has 3 rings (SSSR count). The van der Waals surface area contributed by atoms with Gasteiger partial charge in [0.15, 0.2) is 5.15 Å². The van der Waals surface area contributed by atoms with Crippen LogP contribution in [0, 0.1) is 0 Å². The normalized spacial score (nSPS) is 17.8. The predicted octanol–water partition coefficient (Wildman–Crippen LogP) is 2.64. The van der Waals surface area contributed by atoms with Crippen LogP contribution in [0.4, 0.5) is 0 Å². The van der Waals surface area contributed by atoms with Crippen molar-refractivity contribution in [3.8, 4) is 11.4 Å². The van der Waals surface area contributed by atoms with Crippen LogP contribution in [0.5, 0.6) is 0 Å². The van der Waals surface area contributed by atoms with Crippen molar-refractivity contribution >= 4 is 11.6 Å². The molecule has 1 N–H and O–H groups in total. The lowest BCUT2D eigenvalue weighted by molar-refractivity contribution is 0.0963. The molecular formula is C19H28ClN5. The first kappa shape index (κ1) is 18.4. The van der Waals surface area contributed by atoms with Gasteiger partial charge in [-0.2, -0.15) is 0 Å². The molecule has 1 aliphatic heterocycles. The molecule has 0 bridgehead atoms. The molecule has 0 aliphatic carbocycles. The van der Waals surface area contributed by atoms with E-state index in [4.69, 9.17) is 11.6 Å². The third-order valence-corrected chi connectivity index (χ3v) is 5.41. The average Bonchev–Trinajstić information content (AvgIpc) is 2.95. The lowest BCUT2D eigenvalue weighted by Gasteiger charge is -2.39. The number of benzene rings is 1. The molecule has 2 heterocycles. The van der Waals surface area contributed by atoms with Crippen molar-refractivity contribution in [2.24, 2.45) is 7.05 Å². The highest BCUT2D eigenvalue weighted by Gasteiger charge is 2.29. The van der Waals surface area contributed by atoms with Crippen molar-refractivity contribution in [2.75, 3.05) is 46.3 Å². The first-order valence-electron chi connectivity index (χ1n) is 9.04. The fraction of sp³-hybridized carbons (Fsp3) is 0.526. The van der Waals surface area contributed by atoms with Gasteiger partial charge in [-0.3, -0.25) is 4.90 Å². The number of aromatic nitrogens is 2. The zero-order valence-electron chi connectivity index (χ0n) is 15.4. The second-order valence-electron chi connectivity index (χ2n) is 6.58. The quantitative estimate of drug-likeness (QED) is 0.858. The second-order valence-corrected chi connectivity index (χ2v) is 6.94. The third kappa shape index (κ3) is 3.90. The van der Waals surface area contributed by atoms with Crippen LogP contribution >= 0.6 is 11.6 Å². The molecule has 1 saturated heterocycles. The Hall–Kier alpha value is -1.40. The topological polar surface area (TPSA) is 36.3 Å². The average molecular weight is 362 g/mol. The molecule has 1 fully saturated rings. The SMILES string of the molecule is CCN1CCN(C(CNC)c2c(Cl)nc(-c3ccccc3)n2C)CC1. The van der Waals surface area contributed by atoms with Crippen LogP contribution in [0.2, 0.25) is 5.15 Å². The van der Waals surface area contributed by atoms with E-state index in [1.165, 1.54) is 0 Å². The van der Waals surface area contributed by atoms with Crippen LogP contribution in [0.15, 0.2) is 30.3 Å². The van der Waals surface area contributed by atoms with Crippen LogP contribution in [-0.4, -0.2) is 65.7 Å². The maximum Gasteiger partial charge on any atom is 0.152 e. The van der Waals surface area contributed by atoms with Crippen molar-refractivity contribution in [3.63, 3.8) is 0 Å². The number of hydrogen-bond donors (Lipinski definition) is 1. The van der Waals surface area contributed by atoms with E-state index < -0.39 is 0 Å². The van der Waals surface area contributed by atoms with E-state index in [9.17, 15) is 0 Å². The van der Waals surface area contributed by atoms with Gasteiger partial charge in [-0.05, 0) is 13.6 Å². The molecule has 0 amide bonds. The summed E-state index contributed by atoms with van der Waals surface area (Å²) >= 11 is 6.61. The van der Waals surface area contributed by atoms with Gasteiger partial charge in [0.05, 0.1) is 11.7 Å². The van der Waals surface area contributed by atoms with E-state index in [0.717, 1.165) is 56.4 Å². The maximum absolute atomic E-state index is 6.61. The summed E-state index contributed by atoms with van der Waals surface area (Å²) in [5.74, 6) is 0.925. The van der Waals surface area contributed by atoms with Gasteiger partial charge >= 0.3 is 0 Å². The molecule has 5 nitrogen and oxygen atoms in total. The highest BCUT2D eigenvalue weighted by Crippen LogP contribution is 2.32. The van der Waals surface area contributed by atoms with Gasteiger partial charge in [-0.1, -0.05) is 48.9 Å². The zero-order chi connectivity index (χ0) is 17.8. The summed E-state index contributed by atoms with van der Waals surface area (Å²) in [7, 11) is 4.07. The summed E-state index contributed by atoms with van der Waals surface area (Å²) in [5, 5.41) is 3.95. The molecule has 6 heteroatoms. The van der Waals surface area contributed by atoms with Gasteiger partial charge in [0.25, 0.3) is 0 Å². The Balaban J connectivity index is 1.91. The number of likely N-dealkylation sites (N-methyl/N-ethyl adjacent to an activating group) is 2. The van der Waals surface area contributed by atoms with Crippen molar-refractivity contribution in [3.05, 3.63) is 41.2 Å². The van der Waals surface area contributed by atoms with Crippen LogP contribution in [0.25, 0.3) is 11.4 Å². The van der Waals surface area contributed by atoms with Crippen LogP contribution < -0.4 is 5.32 Å². The Morgan fingerprint density at radius 3 is 2.44 bits per heavy atom. The van der Waals surface area contributed by atoms with Crippen molar-refractivity contribution in [1.29, 1.82) is 0 Å². The molecule has 1 unspecified atom stereocenters. The van der Waals surface area contributed by atoms with E-state index in [1.807, 2.05) is 25.2 Å². The van der Waals surface area contributed by atoms with Gasteiger partial charge in [-0.25, -0.2) is 4.98 Å².